The molecule has 1 heterocycles. The molecule has 0 aromatic carbocycles. The second kappa shape index (κ2) is 4.45. The molecule has 2 unspecified atom stereocenters. The minimum Gasteiger partial charge on any atom is -0.461 e. The van der Waals surface area contributed by atoms with Crippen LogP contribution in [-0.2, 0) is 18.6 Å². The van der Waals surface area contributed by atoms with Crippen molar-refractivity contribution in [2.45, 2.75) is 26.4 Å². The number of hydrogen-bond acceptors (Lipinski definition) is 4. The summed E-state index contributed by atoms with van der Waals surface area (Å²) in [7, 11) is -2.57. The van der Waals surface area contributed by atoms with Crippen LogP contribution >= 0.6 is 7.37 Å². The maximum absolute atomic E-state index is 11.8. The normalized spacial score (nSPS) is 25.4. The van der Waals surface area contributed by atoms with E-state index in [1.54, 1.807) is 6.66 Å². The van der Waals surface area contributed by atoms with Crippen molar-refractivity contribution >= 4 is 13.3 Å². The Hall–Kier alpha value is -0.340. The van der Waals surface area contributed by atoms with Crippen molar-refractivity contribution in [3.63, 3.8) is 0 Å². The van der Waals surface area contributed by atoms with Gasteiger partial charge in [0, 0.05) is 6.66 Å². The molecule has 14 heavy (non-hydrogen) atoms. The monoisotopic (exact) mass is 220 g/mol. The van der Waals surface area contributed by atoms with Gasteiger partial charge in [0.15, 0.2) is 0 Å². The summed E-state index contributed by atoms with van der Waals surface area (Å²) in [6.45, 7) is 6.10. The molecule has 1 aliphatic rings. The van der Waals surface area contributed by atoms with E-state index in [1.807, 2.05) is 13.8 Å². The van der Waals surface area contributed by atoms with Crippen LogP contribution in [0.15, 0.2) is 0 Å². The van der Waals surface area contributed by atoms with E-state index in [2.05, 4.69) is 0 Å². The molecule has 0 radical (unpaired) electrons. The van der Waals surface area contributed by atoms with Gasteiger partial charge < -0.3 is 9.26 Å². The van der Waals surface area contributed by atoms with E-state index in [1.165, 1.54) is 0 Å². The predicted octanol–water partition coefficient (Wildman–Crippen LogP) is 1.88. The fourth-order valence-electron chi connectivity index (χ4n) is 1.19. The maximum Gasteiger partial charge on any atom is 0.309 e. The smallest absolute Gasteiger partial charge is 0.309 e. The van der Waals surface area contributed by atoms with E-state index in [-0.39, 0.29) is 12.1 Å². The van der Waals surface area contributed by atoms with Crippen LogP contribution in [0.1, 0.15) is 20.3 Å². The van der Waals surface area contributed by atoms with E-state index < -0.39 is 7.37 Å². The fraction of sp³-hybridized carbons (Fsp3) is 0.889. The Bertz CT molecular complexity index is 254. The molecule has 1 fully saturated rings. The molecule has 5 heteroatoms. The topological polar surface area (TPSA) is 52.6 Å². The van der Waals surface area contributed by atoms with E-state index in [0.717, 1.165) is 0 Å². The fourth-order valence-corrected chi connectivity index (χ4v) is 2.86. The lowest BCUT2D eigenvalue weighted by atomic mass is 10.2. The Balaban J connectivity index is 2.27. The number of ether oxygens (including phenoxy) is 1. The van der Waals surface area contributed by atoms with Crippen molar-refractivity contribution in [3.8, 4) is 0 Å². The van der Waals surface area contributed by atoms with Crippen LogP contribution in [0.3, 0.4) is 0 Å². The van der Waals surface area contributed by atoms with Crippen LogP contribution in [0.25, 0.3) is 0 Å². The zero-order chi connectivity index (χ0) is 10.8. The molecule has 1 aliphatic heterocycles. The molecule has 0 aromatic rings. The Labute approximate surface area is 84.4 Å². The van der Waals surface area contributed by atoms with E-state index in [9.17, 15) is 9.36 Å². The standard InChI is InChI=1S/C9H17O4P/c1-7(2)5-12-14(3,11)6-8-4-9(10)13-8/h7-8H,4-6H2,1-3H3. The highest BCUT2D eigenvalue weighted by Gasteiger charge is 2.34. The molecule has 0 aliphatic carbocycles. The molecule has 0 amide bonds. The minimum absolute atomic E-state index is 0.189. The maximum atomic E-state index is 11.8. The predicted molar refractivity (Wildman–Crippen MR) is 53.7 cm³/mol. The molecule has 1 rings (SSSR count). The van der Waals surface area contributed by atoms with E-state index in [0.29, 0.717) is 25.1 Å². The van der Waals surface area contributed by atoms with Crippen LogP contribution in [0.5, 0.6) is 0 Å². The van der Waals surface area contributed by atoms with Crippen LogP contribution in [0.4, 0.5) is 0 Å². The number of carbonyl (C=O) groups excluding carboxylic acids is 1. The van der Waals surface area contributed by atoms with Crippen molar-refractivity contribution in [1.82, 2.24) is 0 Å². The highest BCUT2D eigenvalue weighted by atomic mass is 31.2. The quantitative estimate of drug-likeness (QED) is 0.524. The first-order valence-corrected chi connectivity index (χ1v) is 7.05. The number of hydrogen-bond donors (Lipinski definition) is 0. The van der Waals surface area contributed by atoms with Crippen molar-refractivity contribution in [1.29, 1.82) is 0 Å². The van der Waals surface area contributed by atoms with Crippen LogP contribution in [0, 0.1) is 5.92 Å². The van der Waals surface area contributed by atoms with Gasteiger partial charge in [-0.15, -0.1) is 0 Å². The molecule has 0 bridgehead atoms. The molecule has 0 spiro atoms. The highest BCUT2D eigenvalue weighted by molar-refractivity contribution is 7.58. The summed E-state index contributed by atoms with van der Waals surface area (Å²) in [6.07, 6.45) is 0.541. The third-order valence-corrected chi connectivity index (χ3v) is 3.67. The summed E-state index contributed by atoms with van der Waals surface area (Å²) >= 11 is 0. The molecule has 0 N–H and O–H groups in total. The van der Waals surface area contributed by atoms with Crippen LogP contribution in [-0.4, -0.2) is 31.5 Å². The first-order valence-electron chi connectivity index (χ1n) is 4.79. The molecule has 1 saturated heterocycles. The SMILES string of the molecule is CC(C)COP(C)(=O)CC1CC(=O)O1. The molecule has 82 valence electrons. The summed E-state index contributed by atoms with van der Waals surface area (Å²) in [6, 6.07) is 0. The van der Waals surface area contributed by atoms with Gasteiger partial charge in [-0.1, -0.05) is 13.8 Å². The van der Waals surface area contributed by atoms with Gasteiger partial charge in [0.05, 0.1) is 19.2 Å². The van der Waals surface area contributed by atoms with Gasteiger partial charge in [0.25, 0.3) is 0 Å². The molecular formula is C9H17O4P. The lowest BCUT2D eigenvalue weighted by molar-refractivity contribution is -0.167. The van der Waals surface area contributed by atoms with Crippen molar-refractivity contribution in [2.24, 2.45) is 5.92 Å². The van der Waals surface area contributed by atoms with Crippen molar-refractivity contribution < 1.29 is 18.6 Å². The van der Waals surface area contributed by atoms with Gasteiger partial charge in [0.1, 0.15) is 6.10 Å². The summed E-state index contributed by atoms with van der Waals surface area (Å²) in [5, 5.41) is 0. The number of rotatable bonds is 5. The minimum atomic E-state index is -2.57. The number of carbonyl (C=O) groups is 1. The Morgan fingerprint density at radius 3 is 2.64 bits per heavy atom. The van der Waals surface area contributed by atoms with Crippen LogP contribution in [0.2, 0.25) is 0 Å². The second-order valence-corrected chi connectivity index (χ2v) is 6.85. The molecular weight excluding hydrogens is 203 g/mol. The van der Waals surface area contributed by atoms with Gasteiger partial charge in [-0.25, -0.2) is 0 Å². The van der Waals surface area contributed by atoms with Crippen molar-refractivity contribution in [2.75, 3.05) is 19.4 Å². The lowest BCUT2D eigenvalue weighted by Crippen LogP contribution is -2.35. The largest absolute Gasteiger partial charge is 0.461 e. The molecule has 0 aromatic heterocycles. The van der Waals surface area contributed by atoms with Gasteiger partial charge in [-0.05, 0) is 5.92 Å². The van der Waals surface area contributed by atoms with Gasteiger partial charge in [-0.2, -0.15) is 0 Å². The summed E-state index contributed by atoms with van der Waals surface area (Å²) < 4.78 is 21.9. The van der Waals surface area contributed by atoms with Gasteiger partial charge in [-0.3, -0.25) is 9.36 Å². The summed E-state index contributed by atoms with van der Waals surface area (Å²) in [5.74, 6) is 0.158. The Kier molecular flexibility index (Phi) is 3.73. The van der Waals surface area contributed by atoms with Gasteiger partial charge in [0.2, 0.25) is 7.37 Å². The average Bonchev–Trinajstić information content (AvgIpc) is 1.98. The third kappa shape index (κ3) is 3.81. The lowest BCUT2D eigenvalue weighted by Gasteiger charge is -2.28. The second-order valence-electron chi connectivity index (χ2n) is 4.20. The van der Waals surface area contributed by atoms with Crippen molar-refractivity contribution in [3.05, 3.63) is 0 Å². The first-order chi connectivity index (χ1) is 6.39. The van der Waals surface area contributed by atoms with E-state index in [4.69, 9.17) is 9.26 Å². The first kappa shape index (κ1) is 11.7. The summed E-state index contributed by atoms with van der Waals surface area (Å²) in [5.41, 5.74) is 0. The zero-order valence-corrected chi connectivity index (χ0v) is 9.75. The van der Waals surface area contributed by atoms with Gasteiger partial charge >= 0.3 is 5.97 Å². The zero-order valence-electron chi connectivity index (χ0n) is 8.86. The number of cyclic esters (lactones) is 1. The Morgan fingerprint density at radius 2 is 2.21 bits per heavy atom. The molecule has 0 saturated carbocycles. The average molecular weight is 220 g/mol. The molecule has 2 atom stereocenters. The molecule has 4 nitrogen and oxygen atoms in total. The number of esters is 1. The van der Waals surface area contributed by atoms with Crippen LogP contribution < -0.4 is 0 Å². The Morgan fingerprint density at radius 1 is 1.64 bits per heavy atom. The third-order valence-electron chi connectivity index (χ3n) is 1.91. The highest BCUT2D eigenvalue weighted by Crippen LogP contribution is 2.45. The summed E-state index contributed by atoms with van der Waals surface area (Å²) in [4.78, 5) is 10.5. The van der Waals surface area contributed by atoms with E-state index >= 15 is 0 Å².